The number of aromatic nitrogens is 1. The fourth-order valence-corrected chi connectivity index (χ4v) is 2.62. The van der Waals surface area contributed by atoms with Crippen molar-refractivity contribution in [3.05, 3.63) is 16.1 Å². The molecular formula is C9H15ClN2S. The van der Waals surface area contributed by atoms with Crippen molar-refractivity contribution in [3.8, 4) is 0 Å². The highest BCUT2D eigenvalue weighted by Gasteiger charge is 2.15. The van der Waals surface area contributed by atoms with E-state index in [1.165, 1.54) is 5.01 Å². The van der Waals surface area contributed by atoms with Gasteiger partial charge in [0, 0.05) is 5.38 Å². The second-order valence-corrected chi connectivity index (χ2v) is 4.36. The minimum atomic E-state index is 0.432. The number of thiazole rings is 1. The van der Waals surface area contributed by atoms with Crippen molar-refractivity contribution >= 4 is 22.9 Å². The van der Waals surface area contributed by atoms with Gasteiger partial charge in [-0.3, -0.25) is 0 Å². The summed E-state index contributed by atoms with van der Waals surface area (Å²) in [6.07, 6.45) is 1.09. The van der Waals surface area contributed by atoms with Gasteiger partial charge in [0.15, 0.2) is 0 Å². The van der Waals surface area contributed by atoms with Crippen LogP contribution in [0.1, 0.15) is 30.1 Å². The van der Waals surface area contributed by atoms with Crippen LogP contribution >= 0.6 is 22.9 Å². The fraction of sp³-hybridized carbons (Fsp3) is 0.667. The van der Waals surface area contributed by atoms with Crippen molar-refractivity contribution in [2.24, 2.45) is 0 Å². The molecule has 0 radical (unpaired) electrons. The van der Waals surface area contributed by atoms with Gasteiger partial charge in [0.05, 0.1) is 17.6 Å². The van der Waals surface area contributed by atoms with Gasteiger partial charge in [0.25, 0.3) is 0 Å². The summed E-state index contributed by atoms with van der Waals surface area (Å²) in [7, 11) is 4.16. The van der Waals surface area contributed by atoms with E-state index in [0.717, 1.165) is 12.1 Å². The lowest BCUT2D eigenvalue weighted by Gasteiger charge is -2.19. The zero-order valence-electron chi connectivity index (χ0n) is 8.25. The maximum atomic E-state index is 5.70. The number of hydrogen-bond donors (Lipinski definition) is 0. The molecule has 0 aliphatic heterocycles. The maximum absolute atomic E-state index is 5.70. The van der Waals surface area contributed by atoms with Gasteiger partial charge in [0.2, 0.25) is 0 Å². The van der Waals surface area contributed by atoms with Gasteiger partial charge in [-0.05, 0) is 20.5 Å². The standard InChI is InChI=1S/C9H15ClN2S/c1-4-8(12(2)3)9-11-7(5-10)6-13-9/h6,8H,4-5H2,1-3H3. The summed E-state index contributed by atoms with van der Waals surface area (Å²) in [6, 6.07) is 0.432. The highest BCUT2D eigenvalue weighted by Crippen LogP contribution is 2.25. The number of halogens is 1. The monoisotopic (exact) mass is 218 g/mol. The molecule has 0 bridgehead atoms. The van der Waals surface area contributed by atoms with Crippen molar-refractivity contribution in [1.29, 1.82) is 0 Å². The molecule has 1 atom stereocenters. The quantitative estimate of drug-likeness (QED) is 0.723. The van der Waals surface area contributed by atoms with E-state index in [-0.39, 0.29) is 0 Å². The highest BCUT2D eigenvalue weighted by molar-refractivity contribution is 7.09. The Morgan fingerprint density at radius 3 is 2.69 bits per heavy atom. The third kappa shape index (κ3) is 2.66. The summed E-state index contributed by atoms with van der Waals surface area (Å²) < 4.78 is 0. The molecule has 0 saturated heterocycles. The first-order valence-electron chi connectivity index (χ1n) is 4.35. The molecule has 1 unspecified atom stereocenters. The Kier molecular flexibility index (Phi) is 4.16. The summed E-state index contributed by atoms with van der Waals surface area (Å²) in [5.74, 6) is 0.514. The van der Waals surface area contributed by atoms with Crippen LogP contribution < -0.4 is 0 Å². The lowest BCUT2D eigenvalue weighted by Crippen LogP contribution is -2.18. The predicted octanol–water partition coefficient (Wildman–Crippen LogP) is 2.89. The van der Waals surface area contributed by atoms with Crippen LogP contribution in [0.4, 0.5) is 0 Å². The van der Waals surface area contributed by atoms with Crippen molar-refractivity contribution < 1.29 is 0 Å². The third-order valence-corrected chi connectivity index (χ3v) is 3.27. The van der Waals surface area contributed by atoms with Crippen molar-refractivity contribution in [3.63, 3.8) is 0 Å². The topological polar surface area (TPSA) is 16.1 Å². The second kappa shape index (κ2) is 4.94. The predicted molar refractivity (Wildman–Crippen MR) is 58.4 cm³/mol. The molecule has 0 fully saturated rings. The summed E-state index contributed by atoms with van der Waals surface area (Å²) in [6.45, 7) is 2.17. The Bertz CT molecular complexity index is 260. The molecule has 0 aliphatic rings. The molecule has 0 spiro atoms. The van der Waals surface area contributed by atoms with E-state index < -0.39 is 0 Å². The molecule has 4 heteroatoms. The Labute approximate surface area is 88.5 Å². The van der Waals surface area contributed by atoms with Crippen LogP contribution in [-0.4, -0.2) is 24.0 Å². The number of rotatable bonds is 4. The van der Waals surface area contributed by atoms with Gasteiger partial charge in [-0.25, -0.2) is 4.98 Å². The first kappa shape index (κ1) is 11.0. The smallest absolute Gasteiger partial charge is 0.110 e. The van der Waals surface area contributed by atoms with Gasteiger partial charge in [-0.2, -0.15) is 0 Å². The number of hydrogen-bond acceptors (Lipinski definition) is 3. The Balaban J connectivity index is 2.79. The van der Waals surface area contributed by atoms with Gasteiger partial charge in [-0.1, -0.05) is 6.92 Å². The molecular weight excluding hydrogens is 204 g/mol. The SMILES string of the molecule is CCC(c1nc(CCl)cs1)N(C)C. The van der Waals surface area contributed by atoms with E-state index >= 15 is 0 Å². The molecule has 1 aromatic rings. The van der Waals surface area contributed by atoms with Crippen molar-refractivity contribution in [1.82, 2.24) is 9.88 Å². The highest BCUT2D eigenvalue weighted by atomic mass is 35.5. The van der Waals surface area contributed by atoms with Crippen LogP contribution in [0.15, 0.2) is 5.38 Å². The summed E-state index contributed by atoms with van der Waals surface area (Å²) in [4.78, 5) is 6.66. The molecule has 13 heavy (non-hydrogen) atoms. The molecule has 2 nitrogen and oxygen atoms in total. The Morgan fingerprint density at radius 1 is 1.62 bits per heavy atom. The van der Waals surface area contributed by atoms with Crippen molar-refractivity contribution in [2.45, 2.75) is 25.3 Å². The summed E-state index contributed by atoms with van der Waals surface area (Å²) in [5.41, 5.74) is 0.988. The molecule has 0 aromatic carbocycles. The molecule has 74 valence electrons. The number of nitrogens with zero attached hydrogens (tertiary/aromatic N) is 2. The average molecular weight is 219 g/mol. The summed E-state index contributed by atoms with van der Waals surface area (Å²) in [5, 5.41) is 3.21. The lowest BCUT2D eigenvalue weighted by molar-refractivity contribution is 0.291. The maximum Gasteiger partial charge on any atom is 0.110 e. The van der Waals surface area contributed by atoms with Gasteiger partial charge >= 0.3 is 0 Å². The van der Waals surface area contributed by atoms with Crippen LogP contribution in [0.5, 0.6) is 0 Å². The Hall–Kier alpha value is -0.120. The lowest BCUT2D eigenvalue weighted by atomic mass is 10.2. The molecule has 1 aromatic heterocycles. The van der Waals surface area contributed by atoms with Crippen LogP contribution in [-0.2, 0) is 5.88 Å². The van der Waals surface area contributed by atoms with E-state index in [0.29, 0.717) is 11.9 Å². The van der Waals surface area contributed by atoms with Crippen LogP contribution in [0.2, 0.25) is 0 Å². The third-order valence-electron chi connectivity index (χ3n) is 2.00. The Morgan fingerprint density at radius 2 is 2.31 bits per heavy atom. The molecule has 0 N–H and O–H groups in total. The zero-order chi connectivity index (χ0) is 9.84. The van der Waals surface area contributed by atoms with E-state index in [1.54, 1.807) is 11.3 Å². The normalized spacial score (nSPS) is 13.6. The van der Waals surface area contributed by atoms with Gasteiger partial charge < -0.3 is 4.90 Å². The molecule has 0 amide bonds. The number of alkyl halides is 1. The first-order chi connectivity index (χ1) is 6.19. The van der Waals surface area contributed by atoms with Crippen LogP contribution in [0.25, 0.3) is 0 Å². The first-order valence-corrected chi connectivity index (χ1v) is 5.77. The minimum Gasteiger partial charge on any atom is -0.300 e. The van der Waals surface area contributed by atoms with Crippen LogP contribution in [0, 0.1) is 0 Å². The van der Waals surface area contributed by atoms with Crippen LogP contribution in [0.3, 0.4) is 0 Å². The van der Waals surface area contributed by atoms with E-state index in [2.05, 4.69) is 30.9 Å². The molecule has 1 rings (SSSR count). The molecule has 0 aliphatic carbocycles. The molecule has 0 saturated carbocycles. The average Bonchev–Trinajstić information content (AvgIpc) is 2.53. The minimum absolute atomic E-state index is 0.432. The second-order valence-electron chi connectivity index (χ2n) is 3.20. The largest absolute Gasteiger partial charge is 0.300 e. The summed E-state index contributed by atoms with van der Waals surface area (Å²) >= 11 is 7.40. The van der Waals surface area contributed by atoms with Gasteiger partial charge in [0.1, 0.15) is 5.01 Å². The van der Waals surface area contributed by atoms with Gasteiger partial charge in [-0.15, -0.1) is 22.9 Å². The molecule has 1 heterocycles. The van der Waals surface area contributed by atoms with E-state index in [4.69, 9.17) is 11.6 Å². The van der Waals surface area contributed by atoms with E-state index in [1.807, 2.05) is 5.38 Å². The van der Waals surface area contributed by atoms with E-state index in [9.17, 15) is 0 Å². The van der Waals surface area contributed by atoms with Crippen molar-refractivity contribution in [2.75, 3.05) is 14.1 Å². The fourth-order valence-electron chi connectivity index (χ4n) is 1.30. The zero-order valence-corrected chi connectivity index (χ0v) is 9.82.